The van der Waals surface area contributed by atoms with Gasteiger partial charge in [0.25, 0.3) is 0 Å². The number of ether oxygens (including phenoxy) is 1. The summed E-state index contributed by atoms with van der Waals surface area (Å²) in [5.74, 6) is 0.961. The number of methoxy groups -OCH3 is 1. The van der Waals surface area contributed by atoms with Gasteiger partial charge in [0.1, 0.15) is 0 Å². The number of hydrogen-bond acceptors (Lipinski definition) is 4. The van der Waals surface area contributed by atoms with Crippen LogP contribution in [-0.4, -0.2) is 47.6 Å². The predicted molar refractivity (Wildman–Crippen MR) is 109 cm³/mol. The zero-order valence-corrected chi connectivity index (χ0v) is 17.1. The quantitative estimate of drug-likeness (QED) is 0.814. The molecule has 1 aliphatic carbocycles. The molecule has 0 saturated carbocycles. The van der Waals surface area contributed by atoms with E-state index in [-0.39, 0.29) is 11.3 Å². The fourth-order valence-electron chi connectivity index (χ4n) is 4.82. The number of amides is 1. The fourth-order valence-corrected chi connectivity index (χ4v) is 4.82. The molecule has 5 nitrogen and oxygen atoms in total. The predicted octanol–water partition coefficient (Wildman–Crippen LogP) is 3.62. The van der Waals surface area contributed by atoms with Gasteiger partial charge in [-0.1, -0.05) is 30.3 Å². The molecular weight excluding hydrogens is 350 g/mol. The molecule has 4 rings (SSSR count). The molecule has 1 aliphatic heterocycles. The van der Waals surface area contributed by atoms with Gasteiger partial charge in [0.2, 0.25) is 5.91 Å². The normalized spacial score (nSPS) is 21.8. The van der Waals surface area contributed by atoms with Crippen LogP contribution in [0.5, 0.6) is 0 Å². The third-order valence-electron chi connectivity index (χ3n) is 6.22. The maximum atomic E-state index is 13.2. The monoisotopic (exact) mass is 379 g/mol. The lowest BCUT2D eigenvalue weighted by Gasteiger charge is -2.43. The van der Waals surface area contributed by atoms with Crippen LogP contribution in [0.2, 0.25) is 0 Å². The summed E-state index contributed by atoms with van der Waals surface area (Å²) in [5.41, 5.74) is 2.89. The molecule has 28 heavy (non-hydrogen) atoms. The highest BCUT2D eigenvalue weighted by Crippen LogP contribution is 2.45. The van der Waals surface area contributed by atoms with Gasteiger partial charge in [0.05, 0.1) is 17.7 Å². The minimum Gasteiger partial charge on any atom is -0.384 e. The molecular formula is C23H29N3O2. The number of carbonyl (C=O) groups excluding carboxylic acids is 1. The summed E-state index contributed by atoms with van der Waals surface area (Å²) < 4.78 is 5.29. The van der Waals surface area contributed by atoms with Crippen molar-refractivity contribution in [2.24, 2.45) is 5.41 Å². The average molecular weight is 380 g/mol. The SMILES string of the molecule is COCC(C)(C)C(=O)N1CCCC2(CCc3cnc(-c4ccccc4)nc32)C1. The second-order valence-corrected chi connectivity index (χ2v) is 8.86. The number of aryl methyl sites for hydroxylation is 1. The van der Waals surface area contributed by atoms with Crippen molar-refractivity contribution in [2.45, 2.75) is 44.9 Å². The number of aromatic nitrogens is 2. The Morgan fingerprint density at radius 3 is 2.79 bits per heavy atom. The highest BCUT2D eigenvalue weighted by Gasteiger charge is 2.46. The molecule has 0 radical (unpaired) electrons. The fraction of sp³-hybridized carbons (Fsp3) is 0.522. The van der Waals surface area contributed by atoms with E-state index in [0.717, 1.165) is 55.9 Å². The first-order valence-electron chi connectivity index (χ1n) is 10.2. The van der Waals surface area contributed by atoms with Crippen LogP contribution in [-0.2, 0) is 21.4 Å². The molecule has 148 valence electrons. The van der Waals surface area contributed by atoms with Gasteiger partial charge < -0.3 is 9.64 Å². The van der Waals surface area contributed by atoms with E-state index in [4.69, 9.17) is 9.72 Å². The van der Waals surface area contributed by atoms with Crippen molar-refractivity contribution in [3.63, 3.8) is 0 Å². The highest BCUT2D eigenvalue weighted by atomic mass is 16.5. The number of benzene rings is 1. The van der Waals surface area contributed by atoms with Gasteiger partial charge in [-0.3, -0.25) is 4.79 Å². The Balaban J connectivity index is 1.64. The van der Waals surface area contributed by atoms with Gasteiger partial charge in [-0.25, -0.2) is 9.97 Å². The molecule has 0 N–H and O–H groups in total. The number of piperidine rings is 1. The Labute approximate surface area is 167 Å². The Morgan fingerprint density at radius 1 is 1.25 bits per heavy atom. The molecule has 1 unspecified atom stereocenters. The second-order valence-electron chi connectivity index (χ2n) is 8.86. The number of likely N-dealkylation sites (tertiary alicyclic amines) is 1. The molecule has 1 amide bonds. The standard InChI is InChI=1S/C23H29N3O2/c1-22(2,16-28-3)21(27)26-13-7-11-23(15-26)12-10-18-14-24-20(25-19(18)23)17-8-5-4-6-9-17/h4-6,8-9,14H,7,10-13,15-16H2,1-3H3. The van der Waals surface area contributed by atoms with Crippen molar-refractivity contribution < 1.29 is 9.53 Å². The Kier molecular flexibility index (Phi) is 4.96. The first kappa shape index (κ1) is 19.1. The van der Waals surface area contributed by atoms with Gasteiger partial charge in [-0.15, -0.1) is 0 Å². The van der Waals surface area contributed by atoms with Crippen molar-refractivity contribution in [2.75, 3.05) is 26.8 Å². The molecule has 1 spiro atoms. The number of nitrogens with zero attached hydrogens (tertiary/aromatic N) is 3. The maximum Gasteiger partial charge on any atom is 0.230 e. The van der Waals surface area contributed by atoms with Crippen molar-refractivity contribution in [3.8, 4) is 11.4 Å². The summed E-state index contributed by atoms with van der Waals surface area (Å²) in [5, 5.41) is 0. The highest BCUT2D eigenvalue weighted by molar-refractivity contribution is 5.82. The van der Waals surface area contributed by atoms with Crippen LogP contribution in [0.4, 0.5) is 0 Å². The molecule has 0 bridgehead atoms. The van der Waals surface area contributed by atoms with E-state index in [9.17, 15) is 4.79 Å². The van der Waals surface area contributed by atoms with Crippen molar-refractivity contribution in [1.82, 2.24) is 14.9 Å². The summed E-state index contributed by atoms with van der Waals surface area (Å²) >= 11 is 0. The molecule has 1 fully saturated rings. The Hall–Kier alpha value is -2.27. The molecule has 2 heterocycles. The summed E-state index contributed by atoms with van der Waals surface area (Å²) in [6, 6.07) is 10.1. The third kappa shape index (κ3) is 3.32. The first-order valence-corrected chi connectivity index (χ1v) is 10.2. The van der Waals surface area contributed by atoms with Crippen LogP contribution in [0.15, 0.2) is 36.5 Å². The van der Waals surface area contributed by atoms with Crippen LogP contribution >= 0.6 is 0 Å². The number of hydrogen-bond donors (Lipinski definition) is 0. The van der Waals surface area contributed by atoms with Crippen LogP contribution in [0.1, 0.15) is 44.4 Å². The zero-order chi connectivity index (χ0) is 19.8. The third-order valence-corrected chi connectivity index (χ3v) is 6.22. The van der Waals surface area contributed by atoms with Gasteiger partial charge in [-0.05, 0) is 45.1 Å². The van der Waals surface area contributed by atoms with Crippen LogP contribution in [0.3, 0.4) is 0 Å². The Bertz CT molecular complexity index is 861. The van der Waals surface area contributed by atoms with Gasteiger partial charge in [-0.2, -0.15) is 0 Å². The van der Waals surface area contributed by atoms with E-state index in [1.165, 1.54) is 5.56 Å². The number of fused-ring (bicyclic) bond motifs is 2. The molecule has 1 atom stereocenters. The van der Waals surface area contributed by atoms with E-state index in [1.807, 2.05) is 55.3 Å². The van der Waals surface area contributed by atoms with Gasteiger partial charge >= 0.3 is 0 Å². The van der Waals surface area contributed by atoms with E-state index >= 15 is 0 Å². The lowest BCUT2D eigenvalue weighted by molar-refractivity contribution is -0.145. The summed E-state index contributed by atoms with van der Waals surface area (Å²) in [6.45, 7) is 5.94. The summed E-state index contributed by atoms with van der Waals surface area (Å²) in [7, 11) is 1.65. The van der Waals surface area contributed by atoms with Crippen LogP contribution < -0.4 is 0 Å². The van der Waals surface area contributed by atoms with Crippen LogP contribution in [0, 0.1) is 5.41 Å². The van der Waals surface area contributed by atoms with Crippen LogP contribution in [0.25, 0.3) is 11.4 Å². The van der Waals surface area contributed by atoms with Gasteiger partial charge in [0.15, 0.2) is 5.82 Å². The second kappa shape index (κ2) is 7.28. The molecule has 2 aliphatic rings. The first-order chi connectivity index (χ1) is 13.5. The van der Waals surface area contributed by atoms with Crippen molar-refractivity contribution in [1.29, 1.82) is 0 Å². The maximum absolute atomic E-state index is 13.2. The minimum atomic E-state index is -0.504. The summed E-state index contributed by atoms with van der Waals surface area (Å²) in [4.78, 5) is 24.8. The van der Waals surface area contributed by atoms with Crippen molar-refractivity contribution >= 4 is 5.91 Å². The number of carbonyl (C=O) groups is 1. The molecule has 2 aromatic rings. The lowest BCUT2D eigenvalue weighted by Crippen LogP contribution is -2.52. The summed E-state index contributed by atoms with van der Waals surface area (Å²) in [6.07, 6.45) is 6.13. The van der Waals surface area contributed by atoms with E-state index in [2.05, 4.69) is 4.98 Å². The molecule has 1 aromatic carbocycles. The topological polar surface area (TPSA) is 55.3 Å². The molecule has 1 aromatic heterocycles. The van der Waals surface area contributed by atoms with E-state index in [0.29, 0.717) is 6.61 Å². The smallest absolute Gasteiger partial charge is 0.230 e. The van der Waals surface area contributed by atoms with Gasteiger partial charge in [0, 0.05) is 37.4 Å². The zero-order valence-electron chi connectivity index (χ0n) is 17.1. The van der Waals surface area contributed by atoms with E-state index in [1.54, 1.807) is 7.11 Å². The molecule has 1 saturated heterocycles. The van der Waals surface area contributed by atoms with E-state index < -0.39 is 5.41 Å². The van der Waals surface area contributed by atoms with Crippen molar-refractivity contribution in [3.05, 3.63) is 47.8 Å². The number of rotatable bonds is 4. The Morgan fingerprint density at radius 2 is 2.04 bits per heavy atom. The largest absolute Gasteiger partial charge is 0.384 e. The minimum absolute atomic E-state index is 0.0428. The average Bonchev–Trinajstić information content (AvgIpc) is 3.05. The lowest BCUT2D eigenvalue weighted by atomic mass is 9.76. The molecule has 5 heteroatoms.